The van der Waals surface area contributed by atoms with E-state index in [0.717, 1.165) is 16.3 Å². The second-order valence-corrected chi connectivity index (χ2v) is 5.10. The van der Waals surface area contributed by atoms with Crippen molar-refractivity contribution in [2.24, 2.45) is 0 Å². The van der Waals surface area contributed by atoms with E-state index in [1.807, 2.05) is 32.0 Å². The summed E-state index contributed by atoms with van der Waals surface area (Å²) in [5.41, 5.74) is 1.78. The molecule has 5 heteroatoms. The highest BCUT2D eigenvalue weighted by atomic mass is 32.2. The van der Waals surface area contributed by atoms with Crippen LogP contribution >= 0.6 is 11.8 Å². The third-order valence-electron chi connectivity index (χ3n) is 2.49. The number of hydrogen-bond donors (Lipinski definition) is 1. The van der Waals surface area contributed by atoms with E-state index in [1.165, 1.54) is 11.8 Å². The molecule has 18 heavy (non-hydrogen) atoms. The van der Waals surface area contributed by atoms with E-state index in [2.05, 4.69) is 5.10 Å². The molecule has 4 nitrogen and oxygen atoms in total. The van der Waals surface area contributed by atoms with Crippen LogP contribution in [-0.2, 0) is 0 Å². The summed E-state index contributed by atoms with van der Waals surface area (Å²) in [5, 5.41) is 13.7. The number of thioether (sulfide) groups is 1. The van der Waals surface area contributed by atoms with E-state index in [0.29, 0.717) is 11.3 Å². The predicted octanol–water partition coefficient (Wildman–Crippen LogP) is 2.99. The van der Waals surface area contributed by atoms with Crippen LogP contribution in [0.2, 0.25) is 0 Å². The Balaban J connectivity index is 2.59. The number of aryl methyl sites for hydroxylation is 1. The van der Waals surface area contributed by atoms with Gasteiger partial charge >= 0.3 is 5.97 Å². The number of aromatic carboxylic acids is 1. The molecule has 0 aliphatic heterocycles. The van der Waals surface area contributed by atoms with Gasteiger partial charge in [-0.25, -0.2) is 9.48 Å². The standard InChI is InChI=1S/C13H14N2O2S/c1-3-18-11-6-4-5-10(12(11)13(16)17)15-8-7-9(2)14-15/h4-8H,3H2,1-2H3,(H,16,17). The van der Waals surface area contributed by atoms with Crippen molar-refractivity contribution in [2.45, 2.75) is 18.7 Å². The molecule has 2 aromatic rings. The van der Waals surface area contributed by atoms with Crippen LogP contribution in [0.25, 0.3) is 5.69 Å². The molecule has 0 saturated carbocycles. The highest BCUT2D eigenvalue weighted by molar-refractivity contribution is 7.99. The molecule has 1 aromatic carbocycles. The zero-order valence-electron chi connectivity index (χ0n) is 10.3. The van der Waals surface area contributed by atoms with Gasteiger partial charge in [-0.1, -0.05) is 13.0 Å². The van der Waals surface area contributed by atoms with E-state index >= 15 is 0 Å². The van der Waals surface area contributed by atoms with Crippen LogP contribution in [0.1, 0.15) is 23.0 Å². The number of nitrogens with zero attached hydrogens (tertiary/aromatic N) is 2. The zero-order chi connectivity index (χ0) is 13.1. The van der Waals surface area contributed by atoms with Crippen LogP contribution in [0.4, 0.5) is 0 Å². The van der Waals surface area contributed by atoms with E-state index in [1.54, 1.807) is 16.9 Å². The highest BCUT2D eigenvalue weighted by Crippen LogP contribution is 2.27. The number of carboxylic acid groups (broad SMARTS) is 1. The van der Waals surface area contributed by atoms with Crippen LogP contribution in [0.15, 0.2) is 35.4 Å². The molecule has 1 N–H and O–H groups in total. The summed E-state index contributed by atoms with van der Waals surface area (Å²) < 4.78 is 1.61. The monoisotopic (exact) mass is 262 g/mol. The van der Waals surface area contributed by atoms with Crippen molar-refractivity contribution in [1.29, 1.82) is 0 Å². The van der Waals surface area contributed by atoms with Crippen molar-refractivity contribution in [2.75, 3.05) is 5.75 Å². The lowest BCUT2D eigenvalue weighted by Gasteiger charge is -2.10. The number of aromatic nitrogens is 2. The largest absolute Gasteiger partial charge is 0.478 e. The molecular weight excluding hydrogens is 248 g/mol. The van der Waals surface area contributed by atoms with Gasteiger partial charge in [-0.2, -0.15) is 5.10 Å². The number of benzene rings is 1. The summed E-state index contributed by atoms with van der Waals surface area (Å²) in [6.07, 6.45) is 1.78. The van der Waals surface area contributed by atoms with Gasteiger partial charge < -0.3 is 5.11 Å². The summed E-state index contributed by atoms with van der Waals surface area (Å²) in [7, 11) is 0. The fraction of sp³-hybridized carbons (Fsp3) is 0.231. The zero-order valence-corrected chi connectivity index (χ0v) is 11.1. The molecule has 0 saturated heterocycles. The maximum absolute atomic E-state index is 11.4. The molecule has 0 bridgehead atoms. The van der Waals surface area contributed by atoms with Crippen LogP contribution in [0.3, 0.4) is 0 Å². The molecular formula is C13H14N2O2S. The average Bonchev–Trinajstić information content (AvgIpc) is 2.75. The number of carbonyl (C=O) groups is 1. The predicted molar refractivity (Wildman–Crippen MR) is 71.7 cm³/mol. The van der Waals surface area contributed by atoms with Crippen molar-refractivity contribution in [3.63, 3.8) is 0 Å². The lowest BCUT2D eigenvalue weighted by Crippen LogP contribution is -2.07. The molecule has 1 aromatic heterocycles. The Morgan fingerprint density at radius 3 is 2.78 bits per heavy atom. The molecule has 0 atom stereocenters. The van der Waals surface area contributed by atoms with Gasteiger partial charge in [0.15, 0.2) is 0 Å². The van der Waals surface area contributed by atoms with E-state index in [4.69, 9.17) is 0 Å². The van der Waals surface area contributed by atoms with Gasteiger partial charge in [-0.05, 0) is 30.9 Å². The lowest BCUT2D eigenvalue weighted by molar-refractivity contribution is 0.0693. The second-order valence-electron chi connectivity index (χ2n) is 3.79. The lowest BCUT2D eigenvalue weighted by atomic mass is 10.2. The summed E-state index contributed by atoms with van der Waals surface area (Å²) in [6, 6.07) is 7.31. The number of carboxylic acids is 1. The maximum Gasteiger partial charge on any atom is 0.339 e. The van der Waals surface area contributed by atoms with Gasteiger partial charge in [0, 0.05) is 11.1 Å². The Kier molecular flexibility index (Phi) is 3.72. The second kappa shape index (κ2) is 5.27. The molecule has 0 unspecified atom stereocenters. The van der Waals surface area contributed by atoms with Crippen molar-refractivity contribution in [3.05, 3.63) is 41.7 Å². The Hall–Kier alpha value is -1.75. The fourth-order valence-electron chi connectivity index (χ4n) is 1.75. The van der Waals surface area contributed by atoms with E-state index < -0.39 is 5.97 Å². The first-order valence-electron chi connectivity index (χ1n) is 5.65. The Labute approximate surface area is 110 Å². The van der Waals surface area contributed by atoms with Crippen LogP contribution in [0.5, 0.6) is 0 Å². The molecule has 94 valence electrons. The topological polar surface area (TPSA) is 55.1 Å². The summed E-state index contributed by atoms with van der Waals surface area (Å²) in [5.74, 6) is -0.0864. The third-order valence-corrected chi connectivity index (χ3v) is 3.43. The smallest absolute Gasteiger partial charge is 0.339 e. The summed E-state index contributed by atoms with van der Waals surface area (Å²) in [4.78, 5) is 12.2. The van der Waals surface area contributed by atoms with Gasteiger partial charge in [-0.3, -0.25) is 0 Å². The molecule has 0 spiro atoms. The fourth-order valence-corrected chi connectivity index (χ4v) is 2.57. The Morgan fingerprint density at radius 1 is 1.44 bits per heavy atom. The molecule has 0 aliphatic carbocycles. The van der Waals surface area contributed by atoms with Crippen molar-refractivity contribution >= 4 is 17.7 Å². The van der Waals surface area contributed by atoms with Gasteiger partial charge in [0.05, 0.1) is 16.9 Å². The van der Waals surface area contributed by atoms with Crippen LogP contribution < -0.4 is 0 Å². The first-order chi connectivity index (χ1) is 8.63. The van der Waals surface area contributed by atoms with Gasteiger partial charge in [-0.15, -0.1) is 11.8 Å². The van der Waals surface area contributed by atoms with Crippen LogP contribution in [0, 0.1) is 6.92 Å². The quantitative estimate of drug-likeness (QED) is 0.861. The minimum atomic E-state index is -0.922. The van der Waals surface area contributed by atoms with Crippen molar-refractivity contribution in [1.82, 2.24) is 9.78 Å². The number of rotatable bonds is 4. The van der Waals surface area contributed by atoms with E-state index in [9.17, 15) is 9.90 Å². The van der Waals surface area contributed by atoms with E-state index in [-0.39, 0.29) is 0 Å². The molecule has 0 fully saturated rings. The number of hydrogen-bond acceptors (Lipinski definition) is 3. The Morgan fingerprint density at radius 2 is 2.22 bits per heavy atom. The normalized spacial score (nSPS) is 10.6. The van der Waals surface area contributed by atoms with Gasteiger partial charge in [0.2, 0.25) is 0 Å². The third kappa shape index (κ3) is 2.41. The first-order valence-corrected chi connectivity index (χ1v) is 6.63. The molecule has 0 radical (unpaired) electrons. The molecule has 1 heterocycles. The summed E-state index contributed by atoms with van der Waals surface area (Å²) >= 11 is 1.52. The van der Waals surface area contributed by atoms with Crippen molar-refractivity contribution < 1.29 is 9.90 Å². The van der Waals surface area contributed by atoms with Crippen LogP contribution in [-0.4, -0.2) is 26.6 Å². The minimum Gasteiger partial charge on any atom is -0.478 e. The minimum absolute atomic E-state index is 0.312. The maximum atomic E-state index is 11.4. The van der Waals surface area contributed by atoms with Gasteiger partial charge in [0.25, 0.3) is 0 Å². The molecule has 2 rings (SSSR count). The summed E-state index contributed by atoms with van der Waals surface area (Å²) in [6.45, 7) is 3.88. The Bertz CT molecular complexity index is 578. The van der Waals surface area contributed by atoms with Gasteiger partial charge in [0.1, 0.15) is 0 Å². The van der Waals surface area contributed by atoms with Crippen molar-refractivity contribution in [3.8, 4) is 5.69 Å². The average molecular weight is 262 g/mol. The molecule has 0 amide bonds. The molecule has 0 aliphatic rings. The first kappa shape index (κ1) is 12.7. The highest BCUT2D eigenvalue weighted by Gasteiger charge is 2.17. The SMILES string of the molecule is CCSc1cccc(-n2ccc(C)n2)c1C(=O)O.